The first-order valence-corrected chi connectivity index (χ1v) is 8.58. The van der Waals surface area contributed by atoms with E-state index in [1.54, 1.807) is 42.4 Å². The van der Waals surface area contributed by atoms with E-state index in [9.17, 15) is 18.0 Å². The van der Waals surface area contributed by atoms with Crippen molar-refractivity contribution in [3.05, 3.63) is 64.2 Å². The number of alkyl halides is 3. The van der Waals surface area contributed by atoms with Crippen LogP contribution in [0.1, 0.15) is 38.7 Å². The number of benzene rings is 1. The van der Waals surface area contributed by atoms with Gasteiger partial charge in [0.25, 0.3) is 5.91 Å². The lowest BCUT2D eigenvalue weighted by Gasteiger charge is -2.10. The molecule has 0 aliphatic heterocycles. The average molecular weight is 391 g/mol. The summed E-state index contributed by atoms with van der Waals surface area (Å²) in [5.41, 5.74) is 2.65. The summed E-state index contributed by atoms with van der Waals surface area (Å²) in [5.74, 6) is -0.367. The van der Waals surface area contributed by atoms with E-state index in [-0.39, 0.29) is 18.1 Å². The van der Waals surface area contributed by atoms with Gasteiger partial charge in [0.05, 0.1) is 29.2 Å². The van der Waals surface area contributed by atoms with Gasteiger partial charge in [-0.05, 0) is 44.5 Å². The minimum Gasteiger partial charge on any atom is -0.317 e. The molecule has 0 aliphatic rings. The van der Waals surface area contributed by atoms with Crippen LogP contribution in [0.15, 0.2) is 30.3 Å². The molecule has 0 aliphatic carbocycles. The zero-order valence-corrected chi connectivity index (χ0v) is 15.9. The van der Waals surface area contributed by atoms with E-state index in [4.69, 9.17) is 0 Å². The fourth-order valence-electron chi connectivity index (χ4n) is 2.90. The van der Waals surface area contributed by atoms with Crippen molar-refractivity contribution in [2.45, 2.75) is 33.5 Å². The van der Waals surface area contributed by atoms with Crippen molar-refractivity contribution in [3.8, 4) is 0 Å². The Balaban J connectivity index is 1.83. The quantitative estimate of drug-likeness (QED) is 0.735. The highest BCUT2D eigenvalue weighted by Gasteiger charge is 2.30. The zero-order valence-electron chi connectivity index (χ0n) is 15.9. The predicted octanol–water partition coefficient (Wildman–Crippen LogP) is 3.86. The van der Waals surface area contributed by atoms with Crippen molar-refractivity contribution >= 4 is 11.6 Å². The van der Waals surface area contributed by atoms with E-state index in [0.717, 1.165) is 17.8 Å². The van der Waals surface area contributed by atoms with Crippen LogP contribution in [0, 0.1) is 20.8 Å². The maximum absolute atomic E-state index is 12.9. The molecular weight excluding hydrogens is 371 g/mol. The van der Waals surface area contributed by atoms with Crippen LogP contribution in [0.4, 0.5) is 18.9 Å². The van der Waals surface area contributed by atoms with E-state index in [0.29, 0.717) is 22.6 Å². The number of nitrogens with one attached hydrogen (secondary N) is 1. The number of hydrogen-bond donors (Lipinski definition) is 1. The SMILES string of the molecule is Cc1nn(Cc2cccc(C(F)(F)F)c2)c(C)c1NC(=O)c1cc(C)n(C)n1. The topological polar surface area (TPSA) is 64.7 Å². The van der Waals surface area contributed by atoms with E-state index in [1.807, 2.05) is 6.92 Å². The minimum atomic E-state index is -4.40. The largest absolute Gasteiger partial charge is 0.416 e. The Bertz CT molecular complexity index is 1010. The third kappa shape index (κ3) is 3.92. The number of aromatic nitrogens is 4. The normalized spacial score (nSPS) is 11.7. The monoisotopic (exact) mass is 391 g/mol. The fraction of sp³-hybridized carbons (Fsp3) is 0.316. The van der Waals surface area contributed by atoms with Gasteiger partial charge in [0.1, 0.15) is 0 Å². The van der Waals surface area contributed by atoms with Gasteiger partial charge in [-0.15, -0.1) is 0 Å². The highest BCUT2D eigenvalue weighted by atomic mass is 19.4. The Morgan fingerprint density at radius 2 is 1.86 bits per heavy atom. The molecule has 0 fully saturated rings. The summed E-state index contributed by atoms with van der Waals surface area (Å²) in [6, 6.07) is 6.79. The van der Waals surface area contributed by atoms with Gasteiger partial charge in [0.15, 0.2) is 5.69 Å². The van der Waals surface area contributed by atoms with E-state index in [1.165, 1.54) is 6.07 Å². The standard InChI is InChI=1S/C19H20F3N5O/c1-11-8-16(25-26(11)4)18(28)23-17-12(2)24-27(13(17)3)10-14-6-5-7-15(9-14)19(20,21)22/h5-9H,10H2,1-4H3,(H,23,28). The van der Waals surface area contributed by atoms with Crippen LogP contribution in [-0.2, 0) is 19.8 Å². The number of amides is 1. The molecule has 0 atom stereocenters. The van der Waals surface area contributed by atoms with Crippen LogP contribution in [0.2, 0.25) is 0 Å². The second kappa shape index (κ2) is 7.14. The van der Waals surface area contributed by atoms with Crippen molar-refractivity contribution < 1.29 is 18.0 Å². The number of nitrogens with zero attached hydrogens (tertiary/aromatic N) is 4. The fourth-order valence-corrected chi connectivity index (χ4v) is 2.90. The number of halogens is 3. The lowest BCUT2D eigenvalue weighted by atomic mass is 10.1. The maximum atomic E-state index is 12.9. The molecule has 0 bridgehead atoms. The number of hydrogen-bond acceptors (Lipinski definition) is 3. The van der Waals surface area contributed by atoms with Crippen LogP contribution in [0.25, 0.3) is 0 Å². The molecule has 28 heavy (non-hydrogen) atoms. The van der Waals surface area contributed by atoms with E-state index >= 15 is 0 Å². The Hall–Kier alpha value is -3.10. The first kappa shape index (κ1) is 19.7. The second-order valence-electron chi connectivity index (χ2n) is 6.65. The molecule has 9 heteroatoms. The van der Waals surface area contributed by atoms with Crippen molar-refractivity contribution in [1.29, 1.82) is 0 Å². The smallest absolute Gasteiger partial charge is 0.317 e. The molecule has 2 heterocycles. The molecule has 3 rings (SSSR count). The van der Waals surface area contributed by atoms with Crippen LogP contribution >= 0.6 is 0 Å². The molecule has 0 saturated carbocycles. The molecule has 6 nitrogen and oxygen atoms in total. The number of carbonyl (C=O) groups is 1. The number of carbonyl (C=O) groups excluding carboxylic acids is 1. The zero-order chi connectivity index (χ0) is 20.6. The van der Waals surface area contributed by atoms with E-state index in [2.05, 4.69) is 15.5 Å². The van der Waals surface area contributed by atoms with E-state index < -0.39 is 11.7 Å². The molecule has 2 aromatic heterocycles. The van der Waals surface area contributed by atoms with Gasteiger partial charge in [-0.2, -0.15) is 23.4 Å². The highest BCUT2D eigenvalue weighted by molar-refractivity contribution is 6.03. The van der Waals surface area contributed by atoms with Gasteiger partial charge in [0, 0.05) is 12.7 Å². The molecular formula is C19H20F3N5O. The average Bonchev–Trinajstić information content (AvgIpc) is 3.08. The molecule has 0 saturated heterocycles. The maximum Gasteiger partial charge on any atom is 0.416 e. The molecule has 0 spiro atoms. The summed E-state index contributed by atoms with van der Waals surface area (Å²) < 4.78 is 41.9. The third-order valence-corrected chi connectivity index (χ3v) is 4.55. The Labute approximate surface area is 160 Å². The summed E-state index contributed by atoms with van der Waals surface area (Å²) in [7, 11) is 1.75. The van der Waals surface area contributed by atoms with Gasteiger partial charge >= 0.3 is 6.18 Å². The lowest BCUT2D eigenvalue weighted by Crippen LogP contribution is -2.14. The molecule has 3 aromatic rings. The highest BCUT2D eigenvalue weighted by Crippen LogP contribution is 2.30. The van der Waals surface area contributed by atoms with Gasteiger partial charge in [-0.3, -0.25) is 14.2 Å². The van der Waals surface area contributed by atoms with Crippen LogP contribution in [0.5, 0.6) is 0 Å². The number of anilines is 1. The number of rotatable bonds is 4. The summed E-state index contributed by atoms with van der Waals surface area (Å²) in [5, 5.41) is 11.3. The van der Waals surface area contributed by atoms with Crippen molar-refractivity contribution in [3.63, 3.8) is 0 Å². The summed E-state index contributed by atoms with van der Waals surface area (Å²) in [6.45, 7) is 5.49. The molecule has 1 amide bonds. The lowest BCUT2D eigenvalue weighted by molar-refractivity contribution is -0.137. The van der Waals surface area contributed by atoms with Crippen molar-refractivity contribution in [2.75, 3.05) is 5.32 Å². The first-order chi connectivity index (χ1) is 13.1. The van der Waals surface area contributed by atoms with Gasteiger partial charge < -0.3 is 5.32 Å². The third-order valence-electron chi connectivity index (χ3n) is 4.55. The van der Waals surface area contributed by atoms with Crippen molar-refractivity contribution in [2.24, 2.45) is 7.05 Å². The van der Waals surface area contributed by atoms with Crippen LogP contribution in [0.3, 0.4) is 0 Å². The van der Waals surface area contributed by atoms with Gasteiger partial charge in [0.2, 0.25) is 0 Å². The Kier molecular flexibility index (Phi) is 5.01. The molecule has 1 N–H and O–H groups in total. The Morgan fingerprint density at radius 3 is 2.46 bits per heavy atom. The first-order valence-electron chi connectivity index (χ1n) is 8.58. The minimum absolute atomic E-state index is 0.162. The van der Waals surface area contributed by atoms with Crippen LogP contribution < -0.4 is 5.32 Å². The van der Waals surface area contributed by atoms with Crippen molar-refractivity contribution in [1.82, 2.24) is 19.6 Å². The van der Waals surface area contributed by atoms with Gasteiger partial charge in [-0.25, -0.2) is 0 Å². The summed E-state index contributed by atoms with van der Waals surface area (Å²) in [4.78, 5) is 12.5. The molecule has 0 radical (unpaired) electrons. The molecule has 1 aromatic carbocycles. The Morgan fingerprint density at radius 1 is 1.14 bits per heavy atom. The number of aryl methyl sites for hydroxylation is 3. The second-order valence-corrected chi connectivity index (χ2v) is 6.65. The van der Waals surface area contributed by atoms with Gasteiger partial charge in [-0.1, -0.05) is 12.1 Å². The molecule has 0 unspecified atom stereocenters. The summed E-state index contributed by atoms with van der Waals surface area (Å²) >= 11 is 0. The van der Waals surface area contributed by atoms with Crippen LogP contribution in [-0.4, -0.2) is 25.5 Å². The summed E-state index contributed by atoms with van der Waals surface area (Å²) in [6.07, 6.45) is -4.40. The molecule has 148 valence electrons. The predicted molar refractivity (Wildman–Crippen MR) is 98.1 cm³/mol.